The average Bonchev–Trinajstić information content (AvgIpc) is 3.36. The molecular weight excluding hydrogens is 390 g/mol. The number of hydrogen-bond acceptors (Lipinski definition) is 7. The van der Waals surface area contributed by atoms with Gasteiger partial charge in [0.25, 0.3) is 0 Å². The first-order valence-electron chi connectivity index (χ1n) is 10.9. The predicted molar refractivity (Wildman–Crippen MR) is 120 cm³/mol. The molecule has 0 aromatic carbocycles. The topological polar surface area (TPSA) is 93.2 Å². The Bertz CT molecular complexity index is 1200. The molecule has 8 nitrogen and oxygen atoms in total. The maximum absolute atomic E-state index is 5.18. The van der Waals surface area contributed by atoms with Gasteiger partial charge in [-0.05, 0) is 49.4 Å². The van der Waals surface area contributed by atoms with Crippen molar-refractivity contribution in [1.29, 1.82) is 0 Å². The fraction of sp³-hybridized carbons (Fsp3) is 0.391. The summed E-state index contributed by atoms with van der Waals surface area (Å²) >= 11 is 0. The SMILES string of the molecule is CC.Cc1oncc1-c1ccc2ncc(-c3cccc(NC4CC5(CNC5)C4)n3)n2n1. The largest absolute Gasteiger partial charge is 0.367 e. The van der Waals surface area contributed by atoms with Crippen molar-refractivity contribution in [3.05, 3.63) is 48.5 Å². The summed E-state index contributed by atoms with van der Waals surface area (Å²) in [5, 5.41) is 15.6. The quantitative estimate of drug-likeness (QED) is 0.519. The zero-order valence-electron chi connectivity index (χ0n) is 18.1. The number of imidazole rings is 1. The summed E-state index contributed by atoms with van der Waals surface area (Å²) in [6, 6.07) is 10.4. The van der Waals surface area contributed by atoms with E-state index in [1.807, 2.05) is 61.8 Å². The highest BCUT2D eigenvalue weighted by Gasteiger charge is 2.48. The first-order chi connectivity index (χ1) is 15.2. The first-order valence-corrected chi connectivity index (χ1v) is 10.9. The first kappa shape index (κ1) is 19.7. The predicted octanol–water partition coefficient (Wildman–Crippen LogP) is 3.94. The van der Waals surface area contributed by atoms with E-state index in [9.17, 15) is 0 Å². The lowest BCUT2D eigenvalue weighted by molar-refractivity contribution is 0.0469. The molecule has 0 bridgehead atoms. The Morgan fingerprint density at radius 1 is 1.10 bits per heavy atom. The van der Waals surface area contributed by atoms with Crippen LogP contribution in [0.25, 0.3) is 28.3 Å². The zero-order chi connectivity index (χ0) is 21.4. The Balaban J connectivity index is 0.000000994. The summed E-state index contributed by atoms with van der Waals surface area (Å²) in [5.74, 6) is 1.64. The number of pyridine rings is 1. The Hall–Kier alpha value is -3.26. The summed E-state index contributed by atoms with van der Waals surface area (Å²) in [6.07, 6.45) is 5.93. The molecule has 4 aromatic heterocycles. The van der Waals surface area contributed by atoms with Crippen LogP contribution in [0.2, 0.25) is 0 Å². The van der Waals surface area contributed by atoms with Crippen LogP contribution in [-0.4, -0.2) is 43.9 Å². The van der Waals surface area contributed by atoms with Crippen LogP contribution in [0.1, 0.15) is 32.4 Å². The molecule has 4 aromatic rings. The number of fused-ring (bicyclic) bond motifs is 1. The second kappa shape index (κ2) is 7.77. The molecule has 1 saturated carbocycles. The second-order valence-electron chi connectivity index (χ2n) is 8.19. The van der Waals surface area contributed by atoms with Crippen molar-refractivity contribution < 1.29 is 4.52 Å². The molecule has 8 heteroatoms. The number of anilines is 1. The minimum Gasteiger partial charge on any atom is -0.367 e. The van der Waals surface area contributed by atoms with Crippen LogP contribution < -0.4 is 10.6 Å². The van der Waals surface area contributed by atoms with E-state index in [-0.39, 0.29) is 0 Å². The fourth-order valence-electron chi connectivity index (χ4n) is 4.46. The Morgan fingerprint density at radius 2 is 1.94 bits per heavy atom. The van der Waals surface area contributed by atoms with E-state index < -0.39 is 0 Å². The van der Waals surface area contributed by atoms with Gasteiger partial charge in [-0.1, -0.05) is 25.1 Å². The van der Waals surface area contributed by atoms with Gasteiger partial charge in [0.05, 0.1) is 29.3 Å². The van der Waals surface area contributed by atoms with Gasteiger partial charge in [0, 0.05) is 19.1 Å². The number of aromatic nitrogens is 5. The third kappa shape index (κ3) is 3.46. The minimum absolute atomic E-state index is 0.503. The average molecular weight is 418 g/mol. The lowest BCUT2D eigenvalue weighted by Crippen LogP contribution is -2.63. The third-order valence-electron chi connectivity index (χ3n) is 6.11. The molecule has 160 valence electrons. The summed E-state index contributed by atoms with van der Waals surface area (Å²) in [7, 11) is 0. The molecule has 31 heavy (non-hydrogen) atoms. The Kier molecular flexibility index (Phi) is 4.94. The van der Waals surface area contributed by atoms with Crippen molar-refractivity contribution in [2.24, 2.45) is 5.41 Å². The van der Waals surface area contributed by atoms with Gasteiger partial charge in [0.1, 0.15) is 17.3 Å². The second-order valence-corrected chi connectivity index (χ2v) is 8.19. The molecule has 0 atom stereocenters. The molecule has 1 spiro atoms. The van der Waals surface area contributed by atoms with Gasteiger partial charge >= 0.3 is 0 Å². The maximum atomic E-state index is 5.18. The van der Waals surface area contributed by atoms with Gasteiger partial charge in [-0.2, -0.15) is 5.10 Å². The normalized spacial score (nSPS) is 17.0. The van der Waals surface area contributed by atoms with E-state index in [1.54, 1.807) is 6.20 Å². The smallest absolute Gasteiger partial charge is 0.154 e. The Morgan fingerprint density at radius 3 is 2.65 bits per heavy atom. The van der Waals surface area contributed by atoms with Crippen LogP contribution in [-0.2, 0) is 0 Å². The molecule has 1 aliphatic heterocycles. The number of rotatable bonds is 4. The van der Waals surface area contributed by atoms with E-state index in [4.69, 9.17) is 14.6 Å². The van der Waals surface area contributed by atoms with Crippen LogP contribution in [0.3, 0.4) is 0 Å². The van der Waals surface area contributed by atoms with Crippen molar-refractivity contribution in [2.45, 2.75) is 39.7 Å². The summed E-state index contributed by atoms with van der Waals surface area (Å²) in [5.41, 5.74) is 4.67. The van der Waals surface area contributed by atoms with E-state index in [1.165, 1.54) is 12.8 Å². The molecule has 2 N–H and O–H groups in total. The summed E-state index contributed by atoms with van der Waals surface area (Å²) in [6.45, 7) is 8.18. The lowest BCUT2D eigenvalue weighted by Gasteiger charge is -2.54. The van der Waals surface area contributed by atoms with Crippen LogP contribution in [0, 0.1) is 12.3 Å². The number of aryl methyl sites for hydroxylation is 1. The van der Waals surface area contributed by atoms with Crippen molar-refractivity contribution in [2.75, 3.05) is 18.4 Å². The van der Waals surface area contributed by atoms with Gasteiger partial charge in [-0.15, -0.1) is 0 Å². The van der Waals surface area contributed by atoms with Gasteiger partial charge in [0.2, 0.25) is 0 Å². The number of nitrogens with one attached hydrogen (secondary N) is 2. The minimum atomic E-state index is 0.503. The van der Waals surface area contributed by atoms with Crippen molar-refractivity contribution in [3.63, 3.8) is 0 Å². The van der Waals surface area contributed by atoms with Crippen molar-refractivity contribution in [1.82, 2.24) is 30.1 Å². The van der Waals surface area contributed by atoms with Gasteiger partial charge in [0.15, 0.2) is 5.65 Å². The highest BCUT2D eigenvalue weighted by molar-refractivity contribution is 5.65. The molecule has 1 aliphatic carbocycles. The summed E-state index contributed by atoms with van der Waals surface area (Å²) < 4.78 is 7.01. The maximum Gasteiger partial charge on any atom is 0.154 e. The van der Waals surface area contributed by atoms with Gasteiger partial charge in [-0.25, -0.2) is 14.5 Å². The van der Waals surface area contributed by atoms with Crippen LogP contribution in [0.15, 0.2) is 47.2 Å². The van der Waals surface area contributed by atoms with Crippen molar-refractivity contribution >= 4 is 11.5 Å². The zero-order valence-corrected chi connectivity index (χ0v) is 18.1. The van der Waals surface area contributed by atoms with Gasteiger partial charge < -0.3 is 15.2 Å². The van der Waals surface area contributed by atoms with Crippen LogP contribution in [0.4, 0.5) is 5.82 Å². The number of nitrogens with zero attached hydrogens (tertiary/aromatic N) is 5. The molecule has 0 radical (unpaired) electrons. The molecule has 1 saturated heterocycles. The van der Waals surface area contributed by atoms with E-state index in [2.05, 4.69) is 20.8 Å². The highest BCUT2D eigenvalue weighted by atomic mass is 16.5. The fourth-order valence-corrected chi connectivity index (χ4v) is 4.46. The summed E-state index contributed by atoms with van der Waals surface area (Å²) in [4.78, 5) is 9.32. The Labute approximate surface area is 181 Å². The van der Waals surface area contributed by atoms with E-state index in [0.717, 1.165) is 53.0 Å². The standard InChI is InChI=1S/C21H21N7O.C2H6/c1-13-15(9-24-29-13)16-5-6-20-23-10-18(28(20)27-16)17-3-2-4-19(26-17)25-14-7-21(8-14)11-22-12-21;1-2/h2-6,9-10,14,22H,7-8,11-12H2,1H3,(H,25,26);1-2H3. The molecular formula is C23H27N7O. The van der Waals surface area contributed by atoms with Crippen LogP contribution >= 0.6 is 0 Å². The number of hydrogen-bond donors (Lipinski definition) is 2. The highest BCUT2D eigenvalue weighted by Crippen LogP contribution is 2.45. The van der Waals surface area contributed by atoms with E-state index >= 15 is 0 Å². The van der Waals surface area contributed by atoms with Crippen LogP contribution in [0.5, 0.6) is 0 Å². The molecule has 0 unspecified atom stereocenters. The monoisotopic (exact) mass is 417 g/mol. The molecule has 0 amide bonds. The lowest BCUT2D eigenvalue weighted by atomic mass is 9.62. The molecule has 6 rings (SSSR count). The van der Waals surface area contributed by atoms with E-state index in [0.29, 0.717) is 11.5 Å². The molecule has 2 aliphatic rings. The van der Waals surface area contributed by atoms with Gasteiger partial charge in [-0.3, -0.25) is 0 Å². The third-order valence-corrected chi connectivity index (χ3v) is 6.11. The molecule has 2 fully saturated rings. The molecule has 5 heterocycles. The van der Waals surface area contributed by atoms with Crippen molar-refractivity contribution in [3.8, 4) is 22.6 Å².